The second-order valence-corrected chi connectivity index (χ2v) is 23.1. The molecule has 0 bridgehead atoms. The second-order valence-electron chi connectivity index (χ2n) is 22.1. The van der Waals surface area contributed by atoms with Gasteiger partial charge in [0.25, 0.3) is 0 Å². The van der Waals surface area contributed by atoms with Gasteiger partial charge in [0.15, 0.2) is 0 Å². The molecule has 18 rings (SSSR count). The molecule has 5 aromatic heterocycles. The van der Waals surface area contributed by atoms with Crippen LogP contribution in [0.4, 0.5) is 0 Å². The fourth-order valence-electron chi connectivity index (χ4n) is 13.7. The van der Waals surface area contributed by atoms with Crippen LogP contribution in [0.25, 0.3) is 159 Å². The number of benzene rings is 12. The van der Waals surface area contributed by atoms with E-state index in [2.05, 4.69) is 287 Å². The smallest absolute Gasteiger partial charge is 0.235 e. The Kier molecular flexibility index (Phi) is 9.96. The normalized spacial score (nSPS) is 12.3. The van der Waals surface area contributed by atoms with Gasteiger partial charge in [-0.1, -0.05) is 176 Å². The minimum absolute atomic E-state index is 0.627. The Bertz CT molecular complexity index is 5460. The van der Waals surface area contributed by atoms with Gasteiger partial charge >= 0.3 is 0 Å². The maximum atomic E-state index is 5.44. The lowest BCUT2D eigenvalue weighted by Gasteiger charge is -2.12. The van der Waals surface area contributed by atoms with E-state index in [0.29, 0.717) is 5.95 Å². The molecular formula is C77H47N5S. The number of nitrogens with zero attached hydrogens (tertiary/aromatic N) is 5. The molecule has 5 nitrogen and oxygen atoms in total. The number of para-hydroxylation sites is 3. The zero-order valence-electron chi connectivity index (χ0n) is 44.8. The molecule has 0 radical (unpaired) electrons. The molecule has 0 fully saturated rings. The van der Waals surface area contributed by atoms with Gasteiger partial charge in [0.2, 0.25) is 5.95 Å². The molecule has 0 unspecified atom stereocenters. The Morgan fingerprint density at radius 1 is 0.289 bits per heavy atom. The van der Waals surface area contributed by atoms with Gasteiger partial charge in [-0.2, -0.15) is 0 Å². The molecule has 0 saturated carbocycles. The molecule has 0 aliphatic heterocycles. The highest BCUT2D eigenvalue weighted by atomic mass is 32.1. The number of aromatic nitrogens is 5. The number of hydrogen-bond donors (Lipinski definition) is 0. The van der Waals surface area contributed by atoms with Gasteiger partial charge in [-0.3, -0.25) is 4.57 Å². The van der Waals surface area contributed by atoms with Crippen molar-refractivity contribution >= 4 is 96.9 Å². The minimum Gasteiger partial charge on any atom is -0.309 e. The predicted octanol–water partition coefficient (Wildman–Crippen LogP) is 20.4. The summed E-state index contributed by atoms with van der Waals surface area (Å²) in [6.07, 6.45) is 0.930. The van der Waals surface area contributed by atoms with Crippen LogP contribution in [0.2, 0.25) is 0 Å². The summed E-state index contributed by atoms with van der Waals surface area (Å²) in [5, 5.41) is 9.72. The summed E-state index contributed by atoms with van der Waals surface area (Å²) in [5.41, 5.74) is 23.3. The van der Waals surface area contributed by atoms with E-state index in [1.165, 1.54) is 97.4 Å². The molecule has 12 aromatic carbocycles. The average Bonchev–Trinajstić information content (AvgIpc) is 3.11. The number of hydrogen-bond acceptors (Lipinski definition) is 3. The van der Waals surface area contributed by atoms with Crippen LogP contribution in [0.3, 0.4) is 0 Å². The Morgan fingerprint density at radius 3 is 1.40 bits per heavy atom. The molecule has 0 N–H and O–H groups in total. The number of thiophene rings is 1. The standard InChI is InChI=1S/C77H47N5S/c1-5-17-47(18-6-1)67-46-68(48-19-7-2-8-20-48)79-77(78-67)82-71-36-30-50(40-61(71)63-45-72-62(44-73(63)82)58-27-15-16-28-69(58)80(72)54-22-9-3-10-23-54)52-32-38-75-65(42-52)64-41-51(31-37-74(64)83-75)49-29-35-70-60(39-49)59-34-33-57-56-26-14-13-21-53(56)43-66(57)76(59)81(70)55-24-11-4-12-25-55/h1-42,44-46H,43H2. The number of fused-ring (bicyclic) bond motifs is 16. The van der Waals surface area contributed by atoms with Crippen LogP contribution in [-0.2, 0) is 6.42 Å². The fourth-order valence-corrected chi connectivity index (χ4v) is 14.7. The monoisotopic (exact) mass is 1070 g/mol. The van der Waals surface area contributed by atoms with Crippen LogP contribution in [0.1, 0.15) is 11.1 Å². The molecule has 83 heavy (non-hydrogen) atoms. The van der Waals surface area contributed by atoms with Gasteiger partial charge in [-0.05, 0) is 142 Å². The number of rotatable bonds is 7. The highest BCUT2D eigenvalue weighted by Gasteiger charge is 2.26. The van der Waals surface area contributed by atoms with E-state index in [-0.39, 0.29) is 0 Å². The lowest BCUT2D eigenvalue weighted by molar-refractivity contribution is 0.996. The van der Waals surface area contributed by atoms with Crippen LogP contribution in [0.15, 0.2) is 273 Å². The molecule has 1 aliphatic carbocycles. The SMILES string of the molecule is c1ccc(-c2cc(-c3ccccc3)nc(-n3c4ccc(-c5ccc6sc7ccc(-c8ccc9c(c8)c8ccc%10c(c8n9-c8ccccc8)Cc8ccccc8-%10)cc7c6c5)cc4c4cc5c(cc43)c3ccccc3n5-c3ccccc3)n2)cc1. The molecule has 17 aromatic rings. The lowest BCUT2D eigenvalue weighted by Crippen LogP contribution is -2.04. The minimum atomic E-state index is 0.627. The summed E-state index contributed by atoms with van der Waals surface area (Å²) < 4.78 is 9.75. The van der Waals surface area contributed by atoms with Crippen LogP contribution >= 0.6 is 11.3 Å². The summed E-state index contributed by atoms with van der Waals surface area (Å²) in [5.74, 6) is 0.627. The summed E-state index contributed by atoms with van der Waals surface area (Å²) in [7, 11) is 0. The topological polar surface area (TPSA) is 40.6 Å². The van der Waals surface area contributed by atoms with Crippen molar-refractivity contribution in [3.8, 4) is 73.2 Å². The van der Waals surface area contributed by atoms with Crippen molar-refractivity contribution in [3.05, 3.63) is 284 Å². The van der Waals surface area contributed by atoms with Gasteiger partial charge in [0, 0.05) is 81.4 Å². The largest absolute Gasteiger partial charge is 0.309 e. The third-order valence-electron chi connectivity index (χ3n) is 17.5. The molecular weight excluding hydrogens is 1030 g/mol. The highest BCUT2D eigenvalue weighted by molar-refractivity contribution is 7.25. The molecule has 0 atom stereocenters. The summed E-state index contributed by atoms with van der Waals surface area (Å²) in [4.78, 5) is 10.9. The first kappa shape index (κ1) is 46.1. The van der Waals surface area contributed by atoms with Gasteiger partial charge in [-0.25, -0.2) is 9.97 Å². The van der Waals surface area contributed by atoms with Crippen LogP contribution in [0, 0.1) is 0 Å². The average molecular weight is 1070 g/mol. The zero-order chi connectivity index (χ0) is 54.3. The van der Waals surface area contributed by atoms with Crippen LogP contribution < -0.4 is 0 Å². The first-order chi connectivity index (χ1) is 41.1. The summed E-state index contributed by atoms with van der Waals surface area (Å²) >= 11 is 1.86. The van der Waals surface area contributed by atoms with Crippen molar-refractivity contribution in [1.29, 1.82) is 0 Å². The van der Waals surface area contributed by atoms with Gasteiger partial charge in [0.1, 0.15) is 0 Å². The third kappa shape index (κ3) is 7.07. The van der Waals surface area contributed by atoms with E-state index in [9.17, 15) is 0 Å². The Balaban J connectivity index is 0.816. The first-order valence-corrected chi connectivity index (χ1v) is 29.2. The predicted molar refractivity (Wildman–Crippen MR) is 348 cm³/mol. The van der Waals surface area contributed by atoms with E-state index in [1.807, 2.05) is 11.3 Å². The molecule has 6 heteroatoms. The van der Waals surface area contributed by atoms with Crippen molar-refractivity contribution < 1.29 is 0 Å². The van der Waals surface area contributed by atoms with E-state index >= 15 is 0 Å². The Hall–Kier alpha value is -10.7. The third-order valence-corrected chi connectivity index (χ3v) is 18.6. The van der Waals surface area contributed by atoms with Gasteiger partial charge in [-0.15, -0.1) is 11.3 Å². The van der Waals surface area contributed by atoms with E-state index in [0.717, 1.165) is 73.0 Å². The molecule has 386 valence electrons. The summed E-state index contributed by atoms with van der Waals surface area (Å²) in [6, 6.07) is 99.9. The maximum absolute atomic E-state index is 5.44. The quantitative estimate of drug-likeness (QED) is 0.160. The van der Waals surface area contributed by atoms with E-state index in [4.69, 9.17) is 9.97 Å². The van der Waals surface area contributed by atoms with Crippen LogP contribution in [0.5, 0.6) is 0 Å². The van der Waals surface area contributed by atoms with Crippen molar-refractivity contribution in [2.45, 2.75) is 6.42 Å². The lowest BCUT2D eigenvalue weighted by atomic mass is 9.98. The van der Waals surface area contributed by atoms with Crippen LogP contribution in [-0.4, -0.2) is 23.7 Å². The van der Waals surface area contributed by atoms with Crippen molar-refractivity contribution in [1.82, 2.24) is 23.7 Å². The van der Waals surface area contributed by atoms with E-state index < -0.39 is 0 Å². The molecule has 5 heterocycles. The molecule has 0 spiro atoms. The Morgan fingerprint density at radius 2 is 0.759 bits per heavy atom. The second kappa shape index (κ2) is 17.9. The first-order valence-electron chi connectivity index (χ1n) is 28.4. The van der Waals surface area contributed by atoms with Crippen molar-refractivity contribution in [2.75, 3.05) is 0 Å². The van der Waals surface area contributed by atoms with Gasteiger partial charge < -0.3 is 9.13 Å². The molecule has 0 amide bonds. The van der Waals surface area contributed by atoms with Crippen molar-refractivity contribution in [2.24, 2.45) is 0 Å². The van der Waals surface area contributed by atoms with Crippen molar-refractivity contribution in [3.63, 3.8) is 0 Å². The molecule has 0 saturated heterocycles. The van der Waals surface area contributed by atoms with E-state index in [1.54, 1.807) is 0 Å². The summed E-state index contributed by atoms with van der Waals surface area (Å²) in [6.45, 7) is 0. The van der Waals surface area contributed by atoms with Gasteiger partial charge in [0.05, 0.1) is 44.5 Å². The fraction of sp³-hybridized carbons (Fsp3) is 0.0130. The maximum Gasteiger partial charge on any atom is 0.235 e. The highest BCUT2D eigenvalue weighted by Crippen LogP contribution is 2.47. The molecule has 1 aliphatic rings. The Labute approximate surface area is 481 Å². The zero-order valence-corrected chi connectivity index (χ0v) is 45.6.